The fourth-order valence-corrected chi connectivity index (χ4v) is 8.45. The highest BCUT2D eigenvalue weighted by Gasteiger charge is 2.19. The van der Waals surface area contributed by atoms with Gasteiger partial charge in [-0.2, -0.15) is 0 Å². The lowest BCUT2D eigenvalue weighted by Crippen LogP contribution is -2.10. The first-order valence-corrected chi connectivity index (χ1v) is 17.1. The average molecular weight is 629 g/mol. The zero-order chi connectivity index (χ0) is 31.6. The molecule has 0 unspecified atom stereocenters. The second kappa shape index (κ2) is 10.8. The van der Waals surface area contributed by atoms with Gasteiger partial charge < -0.3 is 4.90 Å². The molecule has 10 rings (SSSR count). The van der Waals surface area contributed by atoms with Gasteiger partial charge in [0.05, 0.1) is 15.9 Å². The van der Waals surface area contributed by atoms with Gasteiger partial charge in [0.2, 0.25) is 0 Å². The molecule has 0 fully saturated rings. The van der Waals surface area contributed by atoms with Gasteiger partial charge in [0.25, 0.3) is 0 Å². The third-order valence-electron chi connectivity index (χ3n) is 9.60. The van der Waals surface area contributed by atoms with Crippen molar-refractivity contribution in [1.29, 1.82) is 0 Å². The Morgan fingerprint density at radius 2 is 1.00 bits per heavy atom. The van der Waals surface area contributed by atoms with E-state index in [1.807, 2.05) is 0 Å². The van der Waals surface area contributed by atoms with Crippen molar-refractivity contribution < 1.29 is 0 Å². The van der Waals surface area contributed by atoms with E-state index in [-0.39, 0.29) is 0 Å². The van der Waals surface area contributed by atoms with Gasteiger partial charge in [0.1, 0.15) is 5.01 Å². The van der Waals surface area contributed by atoms with Crippen molar-refractivity contribution in [2.75, 3.05) is 4.90 Å². The van der Waals surface area contributed by atoms with Gasteiger partial charge in [-0.1, -0.05) is 133 Å². The van der Waals surface area contributed by atoms with E-state index < -0.39 is 0 Å². The van der Waals surface area contributed by atoms with Crippen LogP contribution >= 0.6 is 11.3 Å². The summed E-state index contributed by atoms with van der Waals surface area (Å²) in [5, 5.41) is 13.4. The summed E-state index contributed by atoms with van der Waals surface area (Å²) in [5.41, 5.74) is 5.61. The second-order valence-corrected chi connectivity index (χ2v) is 13.4. The zero-order valence-corrected chi connectivity index (χ0v) is 26.8. The number of nitrogens with zero attached hydrogens (tertiary/aromatic N) is 2. The third kappa shape index (κ3) is 4.29. The fourth-order valence-electron chi connectivity index (χ4n) is 7.32. The predicted octanol–water partition coefficient (Wildman–Crippen LogP) is 13.2. The van der Waals surface area contributed by atoms with E-state index in [9.17, 15) is 0 Å². The minimum atomic E-state index is 1.04. The van der Waals surface area contributed by atoms with Crippen molar-refractivity contribution in [3.63, 3.8) is 0 Å². The molecule has 2 nitrogen and oxygen atoms in total. The number of rotatable bonds is 4. The highest BCUT2D eigenvalue weighted by atomic mass is 32.1. The smallest absolute Gasteiger partial charge is 0.124 e. The molecule has 1 heterocycles. The van der Waals surface area contributed by atoms with E-state index in [1.54, 1.807) is 11.3 Å². The van der Waals surface area contributed by atoms with Gasteiger partial charge in [-0.15, -0.1) is 11.3 Å². The SMILES string of the molecule is c1ccc(-c2nc3ccc4ccc5ccc6c(N(c7ccc8ccccc8c7)c7ccc8ccccc8c7)cccc6c5c4c3s2)cc1. The van der Waals surface area contributed by atoms with Gasteiger partial charge in [0, 0.05) is 27.7 Å². The molecule has 0 saturated carbocycles. The van der Waals surface area contributed by atoms with Crippen LogP contribution in [0.3, 0.4) is 0 Å². The Labute approximate surface area is 281 Å². The topological polar surface area (TPSA) is 16.1 Å². The zero-order valence-electron chi connectivity index (χ0n) is 26.0. The minimum Gasteiger partial charge on any atom is -0.310 e. The summed E-state index contributed by atoms with van der Waals surface area (Å²) < 4.78 is 1.23. The molecule has 0 N–H and O–H groups in total. The highest BCUT2D eigenvalue weighted by Crippen LogP contribution is 2.45. The van der Waals surface area contributed by atoms with Crippen LogP contribution in [0.2, 0.25) is 0 Å². The molecule has 0 bridgehead atoms. The van der Waals surface area contributed by atoms with Crippen LogP contribution in [0.1, 0.15) is 0 Å². The Morgan fingerprint density at radius 1 is 0.417 bits per heavy atom. The maximum absolute atomic E-state index is 5.11. The summed E-state index contributed by atoms with van der Waals surface area (Å²) in [6, 6.07) is 61.6. The standard InChI is InChI=1S/C45H28N2S/c1-2-11-33(12-3-1)45-46-40-26-22-32-18-17-31-21-25-38-39(42(31)43(32)44(40)48-45)15-8-16-41(38)47(36-23-19-29-9-4-6-13-34(29)27-36)37-24-20-30-10-5-7-14-35(30)28-37/h1-28H. The first-order valence-electron chi connectivity index (χ1n) is 16.3. The highest BCUT2D eigenvalue weighted by molar-refractivity contribution is 7.22. The van der Waals surface area contributed by atoms with Crippen LogP contribution in [-0.4, -0.2) is 4.98 Å². The molecule has 224 valence electrons. The van der Waals surface area contributed by atoms with Crippen LogP contribution in [-0.2, 0) is 0 Å². The van der Waals surface area contributed by atoms with Crippen LogP contribution in [0.25, 0.3) is 74.6 Å². The van der Waals surface area contributed by atoms with Crippen LogP contribution in [0.4, 0.5) is 17.1 Å². The molecular formula is C45H28N2S. The first-order chi connectivity index (χ1) is 23.8. The fraction of sp³-hybridized carbons (Fsp3) is 0. The molecule has 0 saturated heterocycles. The van der Waals surface area contributed by atoms with Crippen molar-refractivity contribution >= 4 is 92.5 Å². The number of benzene rings is 9. The van der Waals surface area contributed by atoms with Crippen molar-refractivity contribution in [2.45, 2.75) is 0 Å². The molecular weight excluding hydrogens is 601 g/mol. The normalized spacial score (nSPS) is 11.8. The van der Waals surface area contributed by atoms with Gasteiger partial charge in [0.15, 0.2) is 0 Å². The summed E-state index contributed by atoms with van der Waals surface area (Å²) in [6.07, 6.45) is 0. The second-order valence-electron chi connectivity index (χ2n) is 12.4. The maximum Gasteiger partial charge on any atom is 0.124 e. The molecule has 0 aliphatic heterocycles. The van der Waals surface area contributed by atoms with Crippen LogP contribution < -0.4 is 4.90 Å². The number of thiazole rings is 1. The van der Waals surface area contributed by atoms with E-state index >= 15 is 0 Å². The van der Waals surface area contributed by atoms with Crippen molar-refractivity contribution in [3.8, 4) is 10.6 Å². The van der Waals surface area contributed by atoms with Crippen molar-refractivity contribution in [1.82, 2.24) is 4.98 Å². The summed E-state index contributed by atoms with van der Waals surface area (Å²) in [4.78, 5) is 7.53. The Balaban J connectivity index is 1.27. The number of hydrogen-bond acceptors (Lipinski definition) is 3. The summed E-state index contributed by atoms with van der Waals surface area (Å²) in [6.45, 7) is 0. The maximum atomic E-state index is 5.11. The Bertz CT molecular complexity index is 2770. The molecule has 10 aromatic rings. The van der Waals surface area contributed by atoms with Crippen molar-refractivity contribution in [2.24, 2.45) is 0 Å². The molecule has 0 aliphatic carbocycles. The Kier molecular flexibility index (Phi) is 6.08. The van der Waals surface area contributed by atoms with Crippen molar-refractivity contribution in [3.05, 3.63) is 170 Å². The summed E-state index contributed by atoms with van der Waals surface area (Å²) in [7, 11) is 0. The summed E-state index contributed by atoms with van der Waals surface area (Å²) in [5.74, 6) is 0. The quantitative estimate of drug-likeness (QED) is 0.180. The van der Waals surface area contributed by atoms with Crippen LogP contribution in [0.15, 0.2) is 170 Å². The lowest BCUT2D eigenvalue weighted by molar-refractivity contribution is 1.31. The minimum absolute atomic E-state index is 1.04. The monoisotopic (exact) mass is 628 g/mol. The van der Waals surface area contributed by atoms with E-state index in [0.29, 0.717) is 0 Å². The largest absolute Gasteiger partial charge is 0.310 e. The van der Waals surface area contributed by atoms with E-state index in [4.69, 9.17) is 4.98 Å². The molecule has 0 radical (unpaired) electrons. The Morgan fingerprint density at radius 3 is 1.71 bits per heavy atom. The van der Waals surface area contributed by atoms with Gasteiger partial charge >= 0.3 is 0 Å². The van der Waals surface area contributed by atoms with E-state index in [0.717, 1.165) is 33.1 Å². The van der Waals surface area contributed by atoms with E-state index in [2.05, 4.69) is 175 Å². The number of fused-ring (bicyclic) bond motifs is 9. The van der Waals surface area contributed by atoms with Gasteiger partial charge in [-0.25, -0.2) is 4.98 Å². The molecule has 0 amide bonds. The molecule has 0 atom stereocenters. The average Bonchev–Trinajstić information content (AvgIpc) is 3.60. The third-order valence-corrected chi connectivity index (χ3v) is 10.7. The number of aromatic nitrogens is 1. The first kappa shape index (κ1) is 27.1. The lowest BCUT2D eigenvalue weighted by Gasteiger charge is -2.28. The molecule has 1 aromatic heterocycles. The van der Waals surface area contributed by atoms with E-state index in [1.165, 1.54) is 58.6 Å². The Hall–Kier alpha value is -6.03. The molecule has 3 heteroatoms. The summed E-state index contributed by atoms with van der Waals surface area (Å²) >= 11 is 1.79. The van der Waals surface area contributed by atoms with Crippen LogP contribution in [0.5, 0.6) is 0 Å². The molecule has 0 spiro atoms. The number of anilines is 3. The number of hydrogen-bond donors (Lipinski definition) is 0. The predicted molar refractivity (Wildman–Crippen MR) is 207 cm³/mol. The van der Waals surface area contributed by atoms with Crippen LogP contribution in [0, 0.1) is 0 Å². The van der Waals surface area contributed by atoms with Gasteiger partial charge in [-0.05, 0) is 79.5 Å². The molecule has 48 heavy (non-hydrogen) atoms. The molecule has 0 aliphatic rings. The molecule has 9 aromatic carbocycles. The van der Waals surface area contributed by atoms with Gasteiger partial charge in [-0.3, -0.25) is 0 Å². The lowest BCUT2D eigenvalue weighted by atomic mass is 9.95.